The van der Waals surface area contributed by atoms with Gasteiger partial charge in [0.15, 0.2) is 0 Å². The molecule has 0 saturated heterocycles. The van der Waals surface area contributed by atoms with Crippen LogP contribution in [0.3, 0.4) is 0 Å². The van der Waals surface area contributed by atoms with Gasteiger partial charge in [-0.3, -0.25) is 0 Å². The summed E-state index contributed by atoms with van der Waals surface area (Å²) in [6.45, 7) is 4.74. The van der Waals surface area contributed by atoms with E-state index in [1.54, 1.807) is 0 Å². The fourth-order valence-electron chi connectivity index (χ4n) is 2.29. The Morgan fingerprint density at radius 1 is 1.30 bits per heavy atom. The van der Waals surface area contributed by atoms with Gasteiger partial charge in [0.05, 0.1) is 19.3 Å². The molecule has 1 aliphatic rings. The van der Waals surface area contributed by atoms with Crippen molar-refractivity contribution >= 4 is 0 Å². The molecule has 0 aromatic heterocycles. The van der Waals surface area contributed by atoms with E-state index in [4.69, 9.17) is 9.47 Å². The molecule has 0 spiro atoms. The fraction of sp³-hybridized carbons (Fsp3) is 0.529. The summed E-state index contributed by atoms with van der Waals surface area (Å²) in [7, 11) is 0. The van der Waals surface area contributed by atoms with Crippen LogP contribution in [0.25, 0.3) is 0 Å². The van der Waals surface area contributed by atoms with Crippen molar-refractivity contribution in [2.24, 2.45) is 0 Å². The zero-order chi connectivity index (χ0) is 14.0. The Balaban J connectivity index is 1.82. The number of hydrogen-bond donors (Lipinski definition) is 1. The molecule has 0 bridgehead atoms. The van der Waals surface area contributed by atoms with Crippen LogP contribution in [0.2, 0.25) is 0 Å². The molecule has 20 heavy (non-hydrogen) atoms. The first kappa shape index (κ1) is 14.9. The minimum Gasteiger partial charge on any atom is -0.497 e. The van der Waals surface area contributed by atoms with Crippen molar-refractivity contribution in [1.29, 1.82) is 0 Å². The molecule has 0 fully saturated rings. The summed E-state index contributed by atoms with van der Waals surface area (Å²) in [4.78, 5) is 0. The fourth-order valence-corrected chi connectivity index (χ4v) is 2.29. The first-order valence-corrected chi connectivity index (χ1v) is 7.64. The highest BCUT2D eigenvalue weighted by Gasteiger charge is 2.17. The van der Waals surface area contributed by atoms with E-state index in [1.807, 2.05) is 30.3 Å². The Labute approximate surface area is 122 Å². The van der Waals surface area contributed by atoms with E-state index in [0.717, 1.165) is 50.3 Å². The summed E-state index contributed by atoms with van der Waals surface area (Å²) in [6.07, 6.45) is 6.53. The highest BCUT2D eigenvalue weighted by atomic mass is 16.5. The molecule has 0 aliphatic carbocycles. The van der Waals surface area contributed by atoms with Gasteiger partial charge >= 0.3 is 0 Å². The van der Waals surface area contributed by atoms with E-state index in [9.17, 15) is 0 Å². The zero-order valence-electron chi connectivity index (χ0n) is 12.3. The highest BCUT2D eigenvalue weighted by Crippen LogP contribution is 2.17. The lowest BCUT2D eigenvalue weighted by molar-refractivity contribution is 0.158. The van der Waals surface area contributed by atoms with Crippen molar-refractivity contribution in [1.82, 2.24) is 5.32 Å². The predicted octanol–water partition coefficient (Wildman–Crippen LogP) is 3.52. The van der Waals surface area contributed by atoms with Crippen LogP contribution in [0.4, 0.5) is 0 Å². The van der Waals surface area contributed by atoms with Gasteiger partial charge in [-0.2, -0.15) is 0 Å². The summed E-state index contributed by atoms with van der Waals surface area (Å²) in [6, 6.07) is 10.2. The van der Waals surface area contributed by atoms with E-state index in [0.29, 0.717) is 6.61 Å². The van der Waals surface area contributed by atoms with Crippen molar-refractivity contribution in [3.8, 4) is 5.75 Å². The minimum absolute atomic E-state index is 0.277. The Bertz CT molecular complexity index is 403. The van der Waals surface area contributed by atoms with Crippen LogP contribution in [0, 0.1) is 0 Å². The molecule has 1 heterocycles. The number of benzene rings is 1. The predicted molar refractivity (Wildman–Crippen MR) is 81.9 cm³/mol. The SMILES string of the molecule is CCCNC(CCOc1ccccc1)C1=CCCCO1. The molecule has 1 N–H and O–H groups in total. The first-order chi connectivity index (χ1) is 9.90. The van der Waals surface area contributed by atoms with Crippen LogP contribution in [0.5, 0.6) is 5.75 Å². The molecule has 1 unspecified atom stereocenters. The van der Waals surface area contributed by atoms with Gasteiger partial charge < -0.3 is 14.8 Å². The van der Waals surface area contributed by atoms with E-state index in [2.05, 4.69) is 18.3 Å². The molecule has 1 aromatic carbocycles. The Hall–Kier alpha value is -1.48. The second kappa shape index (κ2) is 8.64. The van der Waals surface area contributed by atoms with E-state index in [1.165, 1.54) is 0 Å². The third-order valence-corrected chi connectivity index (χ3v) is 3.37. The molecule has 110 valence electrons. The third kappa shape index (κ3) is 4.89. The second-order valence-electron chi connectivity index (χ2n) is 5.05. The highest BCUT2D eigenvalue weighted by molar-refractivity contribution is 5.20. The molecule has 2 rings (SSSR count). The van der Waals surface area contributed by atoms with Gasteiger partial charge in [-0.25, -0.2) is 0 Å². The number of ether oxygens (including phenoxy) is 2. The maximum absolute atomic E-state index is 5.78. The van der Waals surface area contributed by atoms with Crippen LogP contribution >= 0.6 is 0 Å². The molecule has 1 atom stereocenters. The summed E-state index contributed by atoms with van der Waals surface area (Å²) >= 11 is 0. The van der Waals surface area contributed by atoms with E-state index < -0.39 is 0 Å². The maximum Gasteiger partial charge on any atom is 0.119 e. The number of hydrogen-bond acceptors (Lipinski definition) is 3. The van der Waals surface area contributed by atoms with Crippen LogP contribution in [0.15, 0.2) is 42.2 Å². The van der Waals surface area contributed by atoms with Crippen LogP contribution in [-0.2, 0) is 4.74 Å². The molecule has 0 amide bonds. The van der Waals surface area contributed by atoms with E-state index in [-0.39, 0.29) is 6.04 Å². The molecular formula is C17H25NO2. The molecule has 0 radical (unpaired) electrons. The molecule has 3 heteroatoms. The second-order valence-corrected chi connectivity index (χ2v) is 5.05. The van der Waals surface area contributed by atoms with Crippen molar-refractivity contribution in [3.05, 3.63) is 42.2 Å². The van der Waals surface area contributed by atoms with E-state index >= 15 is 0 Å². The van der Waals surface area contributed by atoms with Gasteiger partial charge in [-0.1, -0.05) is 25.1 Å². The minimum atomic E-state index is 0.277. The topological polar surface area (TPSA) is 30.5 Å². The lowest BCUT2D eigenvalue weighted by Gasteiger charge is -2.24. The van der Waals surface area contributed by atoms with Crippen LogP contribution in [-0.4, -0.2) is 25.8 Å². The van der Waals surface area contributed by atoms with Gasteiger partial charge in [0.2, 0.25) is 0 Å². The van der Waals surface area contributed by atoms with Gasteiger partial charge in [0.1, 0.15) is 11.5 Å². The molecule has 1 aromatic rings. The Morgan fingerprint density at radius 2 is 2.15 bits per heavy atom. The van der Waals surface area contributed by atoms with Crippen molar-refractivity contribution in [2.75, 3.05) is 19.8 Å². The zero-order valence-corrected chi connectivity index (χ0v) is 12.3. The smallest absolute Gasteiger partial charge is 0.119 e. The van der Waals surface area contributed by atoms with Crippen LogP contribution in [0.1, 0.15) is 32.6 Å². The average Bonchev–Trinajstić information content (AvgIpc) is 2.52. The third-order valence-electron chi connectivity index (χ3n) is 3.37. The van der Waals surface area contributed by atoms with Gasteiger partial charge in [0.25, 0.3) is 0 Å². The van der Waals surface area contributed by atoms with Gasteiger partial charge in [-0.05, 0) is 44.0 Å². The largest absolute Gasteiger partial charge is 0.497 e. The standard InChI is InChI=1S/C17H25NO2/c1-2-12-18-16(17-10-6-7-13-20-17)11-14-19-15-8-4-3-5-9-15/h3-5,8-10,16,18H,2,6-7,11-14H2,1H3. The maximum atomic E-state index is 5.78. The lowest BCUT2D eigenvalue weighted by atomic mass is 10.1. The summed E-state index contributed by atoms with van der Waals surface area (Å²) in [5, 5.41) is 3.55. The first-order valence-electron chi connectivity index (χ1n) is 7.64. The number of nitrogens with one attached hydrogen (secondary N) is 1. The summed E-state index contributed by atoms with van der Waals surface area (Å²) < 4.78 is 11.6. The number of rotatable bonds is 8. The molecule has 0 saturated carbocycles. The number of allylic oxidation sites excluding steroid dienone is 1. The Morgan fingerprint density at radius 3 is 2.85 bits per heavy atom. The van der Waals surface area contributed by atoms with Crippen molar-refractivity contribution in [2.45, 2.75) is 38.6 Å². The summed E-state index contributed by atoms with van der Waals surface area (Å²) in [5.74, 6) is 2.03. The number of para-hydroxylation sites is 1. The van der Waals surface area contributed by atoms with Gasteiger partial charge in [0, 0.05) is 6.42 Å². The lowest BCUT2D eigenvalue weighted by Crippen LogP contribution is -2.35. The van der Waals surface area contributed by atoms with Gasteiger partial charge in [-0.15, -0.1) is 0 Å². The van der Waals surface area contributed by atoms with Crippen LogP contribution < -0.4 is 10.1 Å². The quantitative estimate of drug-likeness (QED) is 0.787. The van der Waals surface area contributed by atoms with Crippen molar-refractivity contribution in [3.63, 3.8) is 0 Å². The average molecular weight is 275 g/mol. The summed E-state index contributed by atoms with van der Waals surface area (Å²) in [5.41, 5.74) is 0. The molecular weight excluding hydrogens is 250 g/mol. The molecule has 3 nitrogen and oxygen atoms in total. The normalized spacial score (nSPS) is 16.1. The molecule has 1 aliphatic heterocycles. The van der Waals surface area contributed by atoms with Crippen molar-refractivity contribution < 1.29 is 9.47 Å². The Kier molecular flexibility index (Phi) is 6.45. The monoisotopic (exact) mass is 275 g/mol.